The van der Waals surface area contributed by atoms with E-state index in [0.29, 0.717) is 0 Å². The summed E-state index contributed by atoms with van der Waals surface area (Å²) in [6, 6.07) is 0. The second-order valence-electron chi connectivity index (χ2n) is 0.807. The van der Waals surface area contributed by atoms with Crippen LogP contribution in [-0.4, -0.2) is 5.09 Å². The first-order valence-corrected chi connectivity index (χ1v) is 14.2. The number of quaternary nitrogens is 1. The summed E-state index contributed by atoms with van der Waals surface area (Å²) in [5.41, 5.74) is 0. The maximum Gasteiger partial charge on any atom is -0.369 e. The van der Waals surface area contributed by atoms with Gasteiger partial charge in [-0.25, -0.2) is 0 Å². The Morgan fingerprint density at radius 1 is 1.00 bits per heavy atom. The Morgan fingerprint density at radius 3 is 1.00 bits per heavy atom. The molecule has 0 amide bonds. The zero-order valence-electron chi connectivity index (χ0n) is 4.97. The van der Waals surface area contributed by atoms with E-state index in [4.69, 9.17) is 62.4 Å². The number of hydrogen-bond donors (Lipinski definition) is 1. The minimum absolute atomic E-state index is 0. The Hall–Kier alpha value is 1.30. The largest absolute Gasteiger partial charge is 0.369 e. The molecule has 0 aliphatic heterocycles. The van der Waals surface area contributed by atoms with Crippen LogP contribution >= 0.6 is 47.1 Å². The molecular formula is H4Cl5MoN2O3. The van der Waals surface area contributed by atoms with Crippen molar-refractivity contribution in [1.29, 1.82) is 0 Å². The molecule has 0 aromatic rings. The summed E-state index contributed by atoms with van der Waals surface area (Å²) < 4.78 is 0. The van der Waals surface area contributed by atoms with Gasteiger partial charge in [0.1, 0.15) is 0 Å². The van der Waals surface area contributed by atoms with Crippen molar-refractivity contribution in [2.45, 2.75) is 0 Å². The van der Waals surface area contributed by atoms with Crippen LogP contribution in [0.5, 0.6) is 0 Å². The minimum atomic E-state index is -4.26. The molecule has 0 aromatic heterocycles. The summed E-state index contributed by atoms with van der Waals surface area (Å²) >= 11 is 0. The van der Waals surface area contributed by atoms with Crippen molar-refractivity contribution in [2.24, 2.45) is 0 Å². The summed E-state index contributed by atoms with van der Waals surface area (Å²) in [6.07, 6.45) is 0. The fourth-order valence-electron chi connectivity index (χ4n) is 0. The minimum Gasteiger partial charge on any atom is -0.369 e. The molecular weight excluding hydrogens is 349 g/mol. The standard InChI is InChI=1S/5ClH.Mo.NO3.H3N/c;;;;;;2-1(3)4;/h5*1H;;;1H3/q;;;;;+5;-1;/p-4. The average molecular weight is 353 g/mol. The van der Waals surface area contributed by atoms with E-state index in [-0.39, 0.29) is 6.15 Å². The Kier molecular flexibility index (Phi) is 9.67. The fraction of sp³-hybridized carbons (Fsp3) is 0. The summed E-state index contributed by atoms with van der Waals surface area (Å²) in [6.45, 7) is 0. The van der Waals surface area contributed by atoms with Crippen LogP contribution in [0.1, 0.15) is 0 Å². The predicted octanol–water partition coefficient (Wildman–Crippen LogP) is 3.58. The zero-order valence-corrected chi connectivity index (χ0v) is 10.8. The van der Waals surface area contributed by atoms with Crippen molar-refractivity contribution in [1.82, 2.24) is 6.15 Å². The summed E-state index contributed by atoms with van der Waals surface area (Å²) in [4.78, 5) is 8.25. The van der Waals surface area contributed by atoms with E-state index in [0.717, 1.165) is 0 Å². The van der Waals surface area contributed by atoms with Crippen LogP contribution in [0.2, 0.25) is 0 Å². The molecule has 0 saturated heterocycles. The van der Waals surface area contributed by atoms with Gasteiger partial charge in [-0.2, -0.15) is 0 Å². The first-order valence-electron chi connectivity index (χ1n) is 1.32. The van der Waals surface area contributed by atoms with Crippen molar-refractivity contribution in [3.63, 3.8) is 0 Å². The summed E-state index contributed by atoms with van der Waals surface area (Å²) in [5, 5.41) is 14.8. The van der Waals surface area contributed by atoms with Gasteiger partial charge in [0.05, 0.1) is 5.09 Å². The van der Waals surface area contributed by atoms with Crippen molar-refractivity contribution in [3.8, 4) is 0 Å². The molecule has 0 rings (SSSR count). The van der Waals surface area contributed by atoms with Crippen LogP contribution in [0, 0.1) is 15.3 Å². The van der Waals surface area contributed by atoms with Crippen molar-refractivity contribution >= 4 is 47.1 Å². The number of nitrogens with zero attached hydrogens (tertiary/aromatic N) is 1. The van der Waals surface area contributed by atoms with Gasteiger partial charge >= 0.3 is 56.7 Å². The van der Waals surface area contributed by atoms with Crippen LogP contribution in [0.25, 0.3) is 0 Å². The molecule has 0 atom stereocenters. The van der Waals surface area contributed by atoms with E-state index < -0.39 is 14.7 Å². The molecule has 73 valence electrons. The monoisotopic (exact) mass is 353 g/mol. The second-order valence-corrected chi connectivity index (χ2v) is 31.3. The topological polar surface area (TPSA) is 103 Å². The number of hydrogen-bond acceptors (Lipinski definition) is 3. The predicted molar refractivity (Wildman–Crippen MR) is 45.6 cm³/mol. The molecule has 11 heavy (non-hydrogen) atoms. The quantitative estimate of drug-likeness (QED) is 0.409. The Bertz CT molecular complexity index is 106. The fourth-order valence-corrected chi connectivity index (χ4v) is 0. The average Bonchev–Trinajstić information content (AvgIpc) is 1.14. The van der Waals surface area contributed by atoms with E-state index in [1.807, 2.05) is 0 Å². The van der Waals surface area contributed by atoms with Crippen molar-refractivity contribution in [2.75, 3.05) is 0 Å². The van der Waals surface area contributed by atoms with E-state index in [2.05, 4.69) is 0 Å². The van der Waals surface area contributed by atoms with E-state index in [1.54, 1.807) is 0 Å². The van der Waals surface area contributed by atoms with Crippen LogP contribution in [0.15, 0.2) is 0 Å². The molecule has 11 heteroatoms. The normalized spacial score (nSPS) is 12.6. The van der Waals surface area contributed by atoms with Gasteiger partial charge in [0, 0.05) is 0 Å². The van der Waals surface area contributed by atoms with E-state index in [9.17, 15) is 0 Å². The Balaban J connectivity index is -0.000000114. The third-order valence-corrected chi connectivity index (χ3v) is 0. The maximum atomic E-state index is 8.25. The van der Waals surface area contributed by atoms with Crippen LogP contribution < -0.4 is 6.15 Å². The first-order chi connectivity index (χ1) is 3.97. The summed E-state index contributed by atoms with van der Waals surface area (Å²) in [5.74, 6) is 0. The maximum absolute atomic E-state index is 8.25. The van der Waals surface area contributed by atoms with Crippen LogP contribution in [-0.2, 0) is 9.60 Å². The zero-order chi connectivity index (χ0) is 9.02. The Morgan fingerprint density at radius 2 is 1.00 bits per heavy atom. The molecule has 4 N–H and O–H groups in total. The third-order valence-electron chi connectivity index (χ3n) is 0. The van der Waals surface area contributed by atoms with Crippen LogP contribution in [0.3, 0.4) is 0 Å². The SMILES string of the molecule is O=[N+]([O-])[O-].[Cl][Mo]([Cl])([Cl])([Cl])[Cl].[NH4+]. The third kappa shape index (κ3) is 580. The molecule has 0 spiro atoms. The van der Waals surface area contributed by atoms with Gasteiger partial charge in [0.15, 0.2) is 0 Å². The van der Waals surface area contributed by atoms with Crippen molar-refractivity contribution < 1.29 is 14.7 Å². The molecule has 0 aliphatic rings. The molecule has 0 unspecified atom stereocenters. The van der Waals surface area contributed by atoms with Crippen molar-refractivity contribution in [3.05, 3.63) is 15.3 Å². The molecule has 0 aromatic carbocycles. The van der Waals surface area contributed by atoms with Gasteiger partial charge in [-0.1, -0.05) is 0 Å². The molecule has 0 fully saturated rings. The van der Waals surface area contributed by atoms with Crippen LogP contribution in [0.4, 0.5) is 0 Å². The Labute approximate surface area is 82.7 Å². The van der Waals surface area contributed by atoms with E-state index in [1.165, 1.54) is 0 Å². The van der Waals surface area contributed by atoms with Gasteiger partial charge in [0.25, 0.3) is 0 Å². The molecule has 5 nitrogen and oxygen atoms in total. The molecule has 0 saturated carbocycles. The molecule has 0 heterocycles. The number of halogens is 5. The molecule has 0 bridgehead atoms. The van der Waals surface area contributed by atoms with Gasteiger partial charge in [0.2, 0.25) is 0 Å². The summed E-state index contributed by atoms with van der Waals surface area (Å²) in [7, 11) is 20.9. The number of rotatable bonds is 0. The van der Waals surface area contributed by atoms with Gasteiger partial charge < -0.3 is 21.5 Å². The smallest absolute Gasteiger partial charge is 0.369 e. The van der Waals surface area contributed by atoms with Gasteiger partial charge in [-0.15, -0.1) is 0 Å². The van der Waals surface area contributed by atoms with Gasteiger partial charge in [-0.3, -0.25) is 0 Å². The van der Waals surface area contributed by atoms with Gasteiger partial charge in [-0.05, 0) is 0 Å². The first kappa shape index (κ1) is 18.2. The molecule has 0 radical (unpaired) electrons. The molecule has 0 aliphatic carbocycles. The van der Waals surface area contributed by atoms with E-state index >= 15 is 0 Å². The second kappa shape index (κ2) is 5.86.